The summed E-state index contributed by atoms with van der Waals surface area (Å²) < 4.78 is 12.1. The van der Waals surface area contributed by atoms with Gasteiger partial charge in [0.1, 0.15) is 17.4 Å². The van der Waals surface area contributed by atoms with Crippen molar-refractivity contribution in [1.82, 2.24) is 9.80 Å². The highest BCUT2D eigenvalue weighted by molar-refractivity contribution is 6.05. The molecule has 6 rings (SSSR count). The number of amides is 3. The van der Waals surface area contributed by atoms with Gasteiger partial charge in [-0.1, -0.05) is 67.5 Å². The number of aliphatic hydroxyl groups excluding tert-OH is 1. The van der Waals surface area contributed by atoms with Gasteiger partial charge in [-0.05, 0) is 42.7 Å². The van der Waals surface area contributed by atoms with E-state index in [9.17, 15) is 19.5 Å². The molecule has 4 aliphatic heterocycles. The summed E-state index contributed by atoms with van der Waals surface area (Å²) in [6, 6.07) is 16.2. The Morgan fingerprint density at radius 3 is 2.42 bits per heavy atom. The number of carbonyl (C=O) groups is 3. The minimum atomic E-state index is -1.26. The van der Waals surface area contributed by atoms with Crippen LogP contribution in [0.4, 0.5) is 5.69 Å². The highest BCUT2D eigenvalue weighted by Gasteiger charge is 2.71. The Bertz CT molecular complexity index is 1390. The van der Waals surface area contributed by atoms with Crippen LogP contribution in [-0.4, -0.2) is 83.7 Å². The van der Waals surface area contributed by atoms with E-state index in [-0.39, 0.29) is 24.3 Å². The number of hydrogen-bond acceptors (Lipinski definition) is 6. The Labute approximate surface area is 252 Å². The second kappa shape index (κ2) is 12.3. The monoisotopic (exact) mass is 585 g/mol. The molecule has 0 saturated carbocycles. The van der Waals surface area contributed by atoms with E-state index in [0.717, 1.165) is 18.4 Å². The summed E-state index contributed by atoms with van der Waals surface area (Å²) in [4.78, 5) is 48.3. The molecule has 2 fully saturated rings. The number of methoxy groups -OCH3 is 1. The number of anilines is 1. The van der Waals surface area contributed by atoms with Gasteiger partial charge < -0.3 is 29.3 Å². The number of ether oxygens (including phenoxy) is 2. The van der Waals surface area contributed by atoms with Crippen molar-refractivity contribution in [2.24, 2.45) is 11.8 Å². The standard InChI is InChI=1S/C34H39N3O6/c1-42-26-16-14-25(15-17-26)36-21-10-18-34-29(32(40)37(30(34)33(36)41)20-7-2-3-8-22-38)28-27(43-34)13-9-19-35(31(28)39)23-24-11-5-4-6-12-24/h4-6,9-18,27-30,38H,2-3,7-8,19-23H2,1H3/t27-,28+,29-,30?,34-/m0/s1. The molecule has 3 amide bonds. The molecular formula is C34H39N3O6. The number of nitrogens with zero attached hydrogens (tertiary/aromatic N) is 3. The summed E-state index contributed by atoms with van der Waals surface area (Å²) in [5, 5.41) is 9.20. The van der Waals surface area contributed by atoms with Crippen molar-refractivity contribution in [2.75, 3.05) is 38.3 Å². The molecule has 9 nitrogen and oxygen atoms in total. The maximum atomic E-state index is 14.5. The van der Waals surface area contributed by atoms with E-state index < -0.39 is 29.6 Å². The number of aliphatic hydroxyl groups is 1. The van der Waals surface area contributed by atoms with Crippen LogP contribution in [0.25, 0.3) is 0 Å². The first kappa shape index (κ1) is 29.1. The fourth-order valence-corrected chi connectivity index (χ4v) is 7.12. The predicted molar refractivity (Wildman–Crippen MR) is 161 cm³/mol. The first-order chi connectivity index (χ1) is 21.0. The third-order valence-electron chi connectivity index (χ3n) is 9.15. The fourth-order valence-electron chi connectivity index (χ4n) is 7.12. The lowest BCUT2D eigenvalue weighted by molar-refractivity contribution is -0.144. The van der Waals surface area contributed by atoms with Crippen molar-refractivity contribution in [1.29, 1.82) is 0 Å². The smallest absolute Gasteiger partial charge is 0.253 e. The van der Waals surface area contributed by atoms with Crippen molar-refractivity contribution < 1.29 is 29.0 Å². The van der Waals surface area contributed by atoms with Crippen LogP contribution in [0.5, 0.6) is 5.75 Å². The van der Waals surface area contributed by atoms with E-state index in [0.29, 0.717) is 50.5 Å². The number of rotatable bonds is 10. The van der Waals surface area contributed by atoms with E-state index in [1.54, 1.807) is 21.8 Å². The van der Waals surface area contributed by atoms with Crippen LogP contribution in [0.3, 0.4) is 0 Å². The molecule has 1 spiro atoms. The molecule has 226 valence electrons. The van der Waals surface area contributed by atoms with E-state index >= 15 is 0 Å². The van der Waals surface area contributed by atoms with Gasteiger partial charge in [0.15, 0.2) is 0 Å². The summed E-state index contributed by atoms with van der Waals surface area (Å²) in [6.07, 6.45) is 10.0. The van der Waals surface area contributed by atoms with Gasteiger partial charge in [0.05, 0.1) is 25.0 Å². The number of benzene rings is 2. The van der Waals surface area contributed by atoms with Crippen LogP contribution >= 0.6 is 0 Å². The number of fused-ring (bicyclic) bond motifs is 2. The van der Waals surface area contributed by atoms with Crippen LogP contribution in [0.2, 0.25) is 0 Å². The van der Waals surface area contributed by atoms with E-state index in [1.807, 2.05) is 78.9 Å². The number of carbonyl (C=O) groups excluding carboxylic acids is 3. The maximum absolute atomic E-state index is 14.5. The molecule has 4 heterocycles. The minimum absolute atomic E-state index is 0.128. The number of likely N-dealkylation sites (tertiary alicyclic amines) is 1. The molecule has 43 heavy (non-hydrogen) atoms. The Hall–Kier alpha value is -3.95. The van der Waals surface area contributed by atoms with Crippen molar-refractivity contribution in [3.05, 3.63) is 84.5 Å². The molecule has 0 aromatic heterocycles. The number of unbranched alkanes of at least 4 members (excludes halogenated alkanes) is 3. The Morgan fingerprint density at radius 2 is 1.67 bits per heavy atom. The third-order valence-corrected chi connectivity index (χ3v) is 9.15. The minimum Gasteiger partial charge on any atom is -0.497 e. The highest BCUT2D eigenvalue weighted by Crippen LogP contribution is 2.53. The van der Waals surface area contributed by atoms with Crippen LogP contribution in [-0.2, 0) is 25.7 Å². The predicted octanol–water partition coefficient (Wildman–Crippen LogP) is 3.33. The normalized spacial score (nSPS) is 28.0. The zero-order valence-corrected chi connectivity index (χ0v) is 24.5. The van der Waals surface area contributed by atoms with E-state index in [2.05, 4.69) is 0 Å². The molecule has 2 aromatic rings. The maximum Gasteiger partial charge on any atom is 0.253 e. The molecule has 2 saturated heterocycles. The zero-order valence-electron chi connectivity index (χ0n) is 24.5. The molecule has 9 heteroatoms. The molecule has 4 aliphatic rings. The molecule has 0 radical (unpaired) electrons. The second-order valence-corrected chi connectivity index (χ2v) is 11.7. The lowest BCUT2D eigenvalue weighted by Gasteiger charge is -2.35. The van der Waals surface area contributed by atoms with Crippen molar-refractivity contribution in [3.63, 3.8) is 0 Å². The molecule has 0 aliphatic carbocycles. The summed E-state index contributed by atoms with van der Waals surface area (Å²) in [5.74, 6) is -1.43. The largest absolute Gasteiger partial charge is 0.497 e. The Kier molecular flexibility index (Phi) is 8.36. The van der Waals surface area contributed by atoms with Crippen molar-refractivity contribution >= 4 is 23.4 Å². The average molecular weight is 586 g/mol. The zero-order chi connectivity index (χ0) is 30.0. The van der Waals surface area contributed by atoms with Crippen molar-refractivity contribution in [2.45, 2.75) is 50.0 Å². The van der Waals surface area contributed by atoms with Crippen LogP contribution in [0, 0.1) is 11.8 Å². The van der Waals surface area contributed by atoms with Crippen LogP contribution < -0.4 is 9.64 Å². The summed E-state index contributed by atoms with van der Waals surface area (Å²) in [5.41, 5.74) is 0.450. The quantitative estimate of drug-likeness (QED) is 0.339. The fraction of sp³-hybridized carbons (Fsp3) is 0.441. The first-order valence-electron chi connectivity index (χ1n) is 15.2. The molecule has 2 aromatic carbocycles. The average Bonchev–Trinajstić information content (AvgIpc) is 3.34. The summed E-state index contributed by atoms with van der Waals surface area (Å²) in [7, 11) is 1.59. The van der Waals surface area contributed by atoms with Gasteiger partial charge in [-0.15, -0.1) is 0 Å². The first-order valence-corrected chi connectivity index (χ1v) is 15.2. The van der Waals surface area contributed by atoms with Crippen molar-refractivity contribution in [3.8, 4) is 5.75 Å². The SMILES string of the molecule is COc1ccc(N2CC=C[C@]34O[C@H]5C=CCN(Cc6ccccc6)C(=O)[C@H]5[C@H]3C(=O)N(CCCCCCO)C4C2=O)cc1. The van der Waals surface area contributed by atoms with Gasteiger partial charge >= 0.3 is 0 Å². The summed E-state index contributed by atoms with van der Waals surface area (Å²) >= 11 is 0. The summed E-state index contributed by atoms with van der Waals surface area (Å²) in [6.45, 7) is 1.68. The van der Waals surface area contributed by atoms with Crippen LogP contribution in [0.15, 0.2) is 78.9 Å². The topological polar surface area (TPSA) is 99.6 Å². The molecular weight excluding hydrogens is 546 g/mol. The lowest BCUT2D eigenvalue weighted by Crippen LogP contribution is -2.55. The van der Waals surface area contributed by atoms with Gasteiger partial charge in [0.2, 0.25) is 11.8 Å². The molecule has 1 unspecified atom stereocenters. The van der Waals surface area contributed by atoms with Gasteiger partial charge in [-0.3, -0.25) is 14.4 Å². The Morgan fingerprint density at radius 1 is 0.907 bits per heavy atom. The molecule has 0 bridgehead atoms. The lowest BCUT2D eigenvalue weighted by atomic mass is 9.77. The second-order valence-electron chi connectivity index (χ2n) is 11.7. The van der Waals surface area contributed by atoms with Crippen LogP contribution in [0.1, 0.15) is 31.2 Å². The third kappa shape index (κ3) is 5.25. The highest BCUT2D eigenvalue weighted by atomic mass is 16.5. The Balaban J connectivity index is 1.35. The molecule has 5 atom stereocenters. The van der Waals surface area contributed by atoms with Gasteiger partial charge in [0, 0.05) is 38.5 Å². The van der Waals surface area contributed by atoms with E-state index in [4.69, 9.17) is 9.47 Å². The molecule has 1 N–H and O–H groups in total. The van der Waals surface area contributed by atoms with E-state index in [1.165, 1.54) is 0 Å². The number of hydrogen-bond donors (Lipinski definition) is 1. The van der Waals surface area contributed by atoms with Gasteiger partial charge in [0.25, 0.3) is 5.91 Å². The van der Waals surface area contributed by atoms with Gasteiger partial charge in [-0.25, -0.2) is 0 Å². The van der Waals surface area contributed by atoms with Gasteiger partial charge in [-0.2, -0.15) is 0 Å².